The van der Waals surface area contributed by atoms with E-state index in [0.29, 0.717) is 3.57 Å². The molecule has 0 bridgehead atoms. The van der Waals surface area contributed by atoms with Crippen molar-refractivity contribution >= 4 is 38.5 Å². The summed E-state index contributed by atoms with van der Waals surface area (Å²) in [6, 6.07) is 2.43. The second-order valence-electron chi connectivity index (χ2n) is 3.50. The van der Waals surface area contributed by atoms with Crippen LogP contribution in [0.2, 0.25) is 0 Å². The molecular formula is C11H6BrF2IN2O. The fourth-order valence-electron chi connectivity index (χ4n) is 1.42. The molecule has 0 saturated carbocycles. The number of aromatic nitrogens is 2. The topological polar surface area (TPSA) is 34.9 Å². The highest BCUT2D eigenvalue weighted by molar-refractivity contribution is 14.1. The molecule has 0 atom stereocenters. The SMILES string of the molecule is O=c1c(I)cncn1Cc1c(F)ccc(Br)c1F. The van der Waals surface area contributed by atoms with Crippen molar-refractivity contribution in [3.05, 3.63) is 60.3 Å². The van der Waals surface area contributed by atoms with E-state index in [4.69, 9.17) is 0 Å². The zero-order chi connectivity index (χ0) is 13.3. The number of nitrogens with zero attached hydrogens (tertiary/aromatic N) is 2. The summed E-state index contributed by atoms with van der Waals surface area (Å²) in [6.45, 7) is -0.195. The lowest BCUT2D eigenvalue weighted by molar-refractivity contribution is 0.536. The van der Waals surface area contributed by atoms with E-state index in [1.807, 2.05) is 22.6 Å². The predicted octanol–water partition coefficient (Wildman–Crippen LogP) is 2.94. The fraction of sp³-hybridized carbons (Fsp3) is 0.0909. The molecule has 0 saturated heterocycles. The van der Waals surface area contributed by atoms with Crippen molar-refractivity contribution < 1.29 is 8.78 Å². The Hall–Kier alpha value is -0.830. The lowest BCUT2D eigenvalue weighted by Gasteiger charge is -2.08. The van der Waals surface area contributed by atoms with Gasteiger partial charge in [-0.25, -0.2) is 13.8 Å². The third kappa shape index (κ3) is 2.61. The van der Waals surface area contributed by atoms with Gasteiger partial charge in [0.1, 0.15) is 11.6 Å². The average Bonchev–Trinajstić information content (AvgIpc) is 2.35. The lowest BCUT2D eigenvalue weighted by Crippen LogP contribution is -2.23. The van der Waals surface area contributed by atoms with Crippen LogP contribution in [0, 0.1) is 15.2 Å². The van der Waals surface area contributed by atoms with Crippen LogP contribution in [-0.2, 0) is 6.54 Å². The van der Waals surface area contributed by atoms with Crippen molar-refractivity contribution in [2.24, 2.45) is 0 Å². The molecule has 0 spiro atoms. The lowest BCUT2D eigenvalue weighted by atomic mass is 10.2. The van der Waals surface area contributed by atoms with Crippen LogP contribution in [0.25, 0.3) is 0 Å². The summed E-state index contributed by atoms with van der Waals surface area (Å²) in [4.78, 5) is 15.6. The molecule has 94 valence electrons. The third-order valence-electron chi connectivity index (χ3n) is 2.33. The molecule has 0 aliphatic carbocycles. The smallest absolute Gasteiger partial charge is 0.267 e. The first-order chi connectivity index (χ1) is 8.50. The second kappa shape index (κ2) is 5.43. The first kappa shape index (κ1) is 13.6. The predicted molar refractivity (Wildman–Crippen MR) is 74.4 cm³/mol. The van der Waals surface area contributed by atoms with E-state index in [9.17, 15) is 13.6 Å². The Balaban J connectivity index is 2.50. The normalized spacial score (nSPS) is 10.7. The van der Waals surface area contributed by atoms with Gasteiger partial charge in [-0.1, -0.05) is 0 Å². The molecule has 1 aromatic carbocycles. The summed E-state index contributed by atoms with van der Waals surface area (Å²) in [5.41, 5.74) is -0.500. The zero-order valence-corrected chi connectivity index (χ0v) is 12.6. The quantitative estimate of drug-likeness (QED) is 0.546. The largest absolute Gasteiger partial charge is 0.294 e. The molecule has 18 heavy (non-hydrogen) atoms. The first-order valence-corrected chi connectivity index (χ1v) is 6.70. The van der Waals surface area contributed by atoms with Gasteiger partial charge in [0.2, 0.25) is 0 Å². The van der Waals surface area contributed by atoms with Gasteiger partial charge in [0.15, 0.2) is 0 Å². The fourth-order valence-corrected chi connectivity index (χ4v) is 2.26. The summed E-state index contributed by atoms with van der Waals surface area (Å²) in [6.07, 6.45) is 2.65. The molecule has 0 aliphatic rings. The molecule has 0 amide bonds. The molecule has 1 aromatic heterocycles. The van der Waals surface area contributed by atoms with Gasteiger partial charge in [-0.3, -0.25) is 9.36 Å². The minimum Gasteiger partial charge on any atom is -0.294 e. The van der Waals surface area contributed by atoms with Crippen molar-refractivity contribution in [3.8, 4) is 0 Å². The molecule has 3 nitrogen and oxygen atoms in total. The van der Waals surface area contributed by atoms with Crippen molar-refractivity contribution in [1.82, 2.24) is 9.55 Å². The highest BCUT2D eigenvalue weighted by Gasteiger charge is 2.13. The number of benzene rings is 1. The molecular weight excluding hydrogens is 421 g/mol. The molecule has 2 aromatic rings. The van der Waals surface area contributed by atoms with Crippen molar-refractivity contribution in [2.45, 2.75) is 6.54 Å². The van der Waals surface area contributed by atoms with Gasteiger partial charge in [0.05, 0.1) is 20.9 Å². The molecule has 0 N–H and O–H groups in total. The summed E-state index contributed by atoms with van der Waals surface area (Å²) >= 11 is 4.80. The Bertz CT molecular complexity index is 660. The number of halogens is 4. The maximum atomic E-state index is 13.8. The Morgan fingerprint density at radius 1 is 1.39 bits per heavy atom. The monoisotopic (exact) mass is 426 g/mol. The Morgan fingerprint density at radius 3 is 2.83 bits per heavy atom. The zero-order valence-electron chi connectivity index (χ0n) is 8.83. The standard InChI is InChI=1S/C11H6BrF2IN2O/c12-7-1-2-8(13)6(10(7)14)4-17-5-16-3-9(15)11(17)18/h1-3,5H,4H2. The first-order valence-electron chi connectivity index (χ1n) is 4.83. The van der Waals surface area contributed by atoms with Crippen molar-refractivity contribution in [1.29, 1.82) is 0 Å². The summed E-state index contributed by atoms with van der Waals surface area (Å²) in [7, 11) is 0. The average molecular weight is 427 g/mol. The second-order valence-corrected chi connectivity index (χ2v) is 5.51. The Labute approximate surface area is 123 Å². The van der Waals surface area contributed by atoms with E-state index in [2.05, 4.69) is 20.9 Å². The third-order valence-corrected chi connectivity index (χ3v) is 3.68. The highest BCUT2D eigenvalue weighted by Crippen LogP contribution is 2.22. The van der Waals surface area contributed by atoms with E-state index < -0.39 is 11.6 Å². The highest BCUT2D eigenvalue weighted by atomic mass is 127. The van der Waals surface area contributed by atoms with Crippen LogP contribution < -0.4 is 5.56 Å². The molecule has 7 heteroatoms. The molecule has 0 unspecified atom stereocenters. The van der Waals surface area contributed by atoms with E-state index in [1.54, 1.807) is 0 Å². The minimum atomic E-state index is -0.708. The van der Waals surface area contributed by atoms with Gasteiger partial charge in [-0.2, -0.15) is 0 Å². The number of hydrogen-bond donors (Lipinski definition) is 0. The van der Waals surface area contributed by atoms with Gasteiger partial charge in [-0.15, -0.1) is 0 Å². The minimum absolute atomic E-state index is 0.158. The van der Waals surface area contributed by atoms with Gasteiger partial charge < -0.3 is 0 Å². The molecule has 0 radical (unpaired) electrons. The Morgan fingerprint density at radius 2 is 2.11 bits per heavy atom. The van der Waals surface area contributed by atoms with E-state index in [1.165, 1.54) is 18.6 Å². The molecule has 2 rings (SSSR count). The molecule has 0 aliphatic heterocycles. The summed E-state index contributed by atoms with van der Waals surface area (Å²) in [5, 5.41) is 0. The van der Waals surface area contributed by atoms with Gasteiger partial charge in [0.25, 0.3) is 5.56 Å². The van der Waals surface area contributed by atoms with Gasteiger partial charge in [-0.05, 0) is 50.7 Å². The van der Waals surface area contributed by atoms with Crippen LogP contribution in [0.15, 0.2) is 33.9 Å². The van der Waals surface area contributed by atoms with Crippen LogP contribution in [-0.4, -0.2) is 9.55 Å². The van der Waals surface area contributed by atoms with E-state index >= 15 is 0 Å². The van der Waals surface area contributed by atoms with Crippen LogP contribution in [0.5, 0.6) is 0 Å². The number of rotatable bonds is 2. The van der Waals surface area contributed by atoms with Crippen molar-refractivity contribution in [3.63, 3.8) is 0 Å². The maximum absolute atomic E-state index is 13.8. The molecule has 0 fully saturated rings. The van der Waals surface area contributed by atoms with Crippen LogP contribution in [0.1, 0.15) is 5.56 Å². The van der Waals surface area contributed by atoms with Crippen LogP contribution in [0.3, 0.4) is 0 Å². The Kier molecular flexibility index (Phi) is 4.10. The van der Waals surface area contributed by atoms with Crippen molar-refractivity contribution in [2.75, 3.05) is 0 Å². The van der Waals surface area contributed by atoms with E-state index in [0.717, 1.165) is 10.6 Å². The van der Waals surface area contributed by atoms with Crippen LogP contribution >= 0.6 is 38.5 Å². The maximum Gasteiger partial charge on any atom is 0.267 e. The van der Waals surface area contributed by atoms with Crippen LogP contribution in [0.4, 0.5) is 8.78 Å². The summed E-state index contributed by atoms with van der Waals surface area (Å²) < 4.78 is 29.0. The van der Waals surface area contributed by atoms with E-state index in [-0.39, 0.29) is 22.1 Å². The van der Waals surface area contributed by atoms with Gasteiger partial charge >= 0.3 is 0 Å². The van der Waals surface area contributed by atoms with Gasteiger partial charge in [0, 0.05) is 11.8 Å². The summed E-state index contributed by atoms with van der Waals surface area (Å²) in [5.74, 6) is -1.40. The number of hydrogen-bond acceptors (Lipinski definition) is 2. The molecule has 1 heterocycles.